The molecule has 0 aliphatic carbocycles. The van der Waals surface area contributed by atoms with E-state index in [4.69, 9.17) is 0 Å². The first-order chi connectivity index (χ1) is 10.1. The zero-order valence-corrected chi connectivity index (χ0v) is 12.4. The Morgan fingerprint density at radius 3 is 2.52 bits per heavy atom. The minimum Gasteiger partial charge on any atom is -0.343 e. The lowest BCUT2D eigenvalue weighted by Gasteiger charge is -2.07. The normalized spacial score (nSPS) is 12.8. The number of carbonyl (C=O) groups is 1. The third-order valence-corrected chi connectivity index (χ3v) is 3.14. The van der Waals surface area contributed by atoms with Crippen LogP contribution in [0.15, 0.2) is 30.3 Å². The standard InChI is InChI=1S/C15H19N5O/c1-10(2)13-7-4-12(5-8-13)6-9-14(21)16-11(3)15-17-19-20-18-15/h4-11H,1-3H3,(H,16,21)(H,17,18,19,20). The number of hydrogen-bond acceptors (Lipinski definition) is 4. The molecule has 21 heavy (non-hydrogen) atoms. The van der Waals surface area contributed by atoms with Crippen LogP contribution < -0.4 is 5.32 Å². The molecule has 0 bridgehead atoms. The second-order valence-corrected chi connectivity index (χ2v) is 5.15. The molecule has 1 atom stereocenters. The van der Waals surface area contributed by atoms with Gasteiger partial charge in [0.2, 0.25) is 5.91 Å². The minimum atomic E-state index is -0.288. The number of aromatic amines is 1. The van der Waals surface area contributed by atoms with Crippen LogP contribution in [0.25, 0.3) is 6.08 Å². The number of amides is 1. The molecular formula is C15H19N5O. The quantitative estimate of drug-likeness (QED) is 0.825. The Labute approximate surface area is 123 Å². The van der Waals surface area contributed by atoms with E-state index in [-0.39, 0.29) is 11.9 Å². The predicted molar refractivity (Wildman–Crippen MR) is 80.3 cm³/mol. The van der Waals surface area contributed by atoms with Gasteiger partial charge < -0.3 is 5.32 Å². The van der Waals surface area contributed by atoms with Gasteiger partial charge in [0.25, 0.3) is 0 Å². The van der Waals surface area contributed by atoms with Crippen LogP contribution in [0, 0.1) is 0 Å². The molecular weight excluding hydrogens is 266 g/mol. The molecule has 0 radical (unpaired) electrons. The first-order valence-corrected chi connectivity index (χ1v) is 6.88. The van der Waals surface area contributed by atoms with Crippen LogP contribution in [0.1, 0.15) is 49.7 Å². The maximum atomic E-state index is 11.8. The third-order valence-electron chi connectivity index (χ3n) is 3.14. The van der Waals surface area contributed by atoms with E-state index < -0.39 is 0 Å². The molecule has 1 unspecified atom stereocenters. The van der Waals surface area contributed by atoms with Gasteiger partial charge in [0.1, 0.15) is 0 Å². The lowest BCUT2D eigenvalue weighted by molar-refractivity contribution is -0.117. The molecule has 0 spiro atoms. The van der Waals surface area contributed by atoms with Gasteiger partial charge in [-0.3, -0.25) is 4.79 Å². The van der Waals surface area contributed by atoms with Crippen molar-refractivity contribution in [3.05, 3.63) is 47.3 Å². The summed E-state index contributed by atoms with van der Waals surface area (Å²) < 4.78 is 0. The van der Waals surface area contributed by atoms with Crippen molar-refractivity contribution in [2.45, 2.75) is 32.7 Å². The summed E-state index contributed by atoms with van der Waals surface area (Å²) in [6.45, 7) is 6.10. The van der Waals surface area contributed by atoms with E-state index in [1.54, 1.807) is 13.0 Å². The van der Waals surface area contributed by atoms with E-state index in [9.17, 15) is 4.79 Å². The van der Waals surface area contributed by atoms with Crippen LogP contribution in [-0.4, -0.2) is 26.5 Å². The van der Waals surface area contributed by atoms with Gasteiger partial charge in [-0.25, -0.2) is 0 Å². The van der Waals surface area contributed by atoms with Gasteiger partial charge in [0, 0.05) is 6.08 Å². The van der Waals surface area contributed by atoms with Crippen molar-refractivity contribution in [3.8, 4) is 0 Å². The van der Waals surface area contributed by atoms with E-state index >= 15 is 0 Å². The van der Waals surface area contributed by atoms with Gasteiger partial charge in [-0.1, -0.05) is 43.3 Å². The molecule has 6 nitrogen and oxygen atoms in total. The van der Waals surface area contributed by atoms with E-state index in [1.807, 2.05) is 12.1 Å². The number of H-pyrrole nitrogens is 1. The maximum Gasteiger partial charge on any atom is 0.244 e. The van der Waals surface area contributed by atoms with Crippen LogP contribution in [0.4, 0.5) is 0 Å². The molecule has 110 valence electrons. The van der Waals surface area contributed by atoms with E-state index in [0.717, 1.165) is 5.56 Å². The van der Waals surface area contributed by atoms with Crippen molar-refractivity contribution in [1.29, 1.82) is 0 Å². The lowest BCUT2D eigenvalue weighted by atomic mass is 10.0. The summed E-state index contributed by atoms with van der Waals surface area (Å²) in [5.74, 6) is 0.764. The number of tetrazole rings is 1. The zero-order chi connectivity index (χ0) is 15.2. The third kappa shape index (κ3) is 4.24. The summed E-state index contributed by atoms with van der Waals surface area (Å²) in [4.78, 5) is 11.8. The highest BCUT2D eigenvalue weighted by atomic mass is 16.1. The Balaban J connectivity index is 1.92. The Hall–Kier alpha value is -2.50. The van der Waals surface area contributed by atoms with Crippen molar-refractivity contribution in [3.63, 3.8) is 0 Å². The lowest BCUT2D eigenvalue weighted by Crippen LogP contribution is -2.25. The second-order valence-electron chi connectivity index (χ2n) is 5.15. The van der Waals surface area contributed by atoms with Gasteiger partial charge in [0.05, 0.1) is 6.04 Å². The highest BCUT2D eigenvalue weighted by Gasteiger charge is 2.11. The second kappa shape index (κ2) is 6.78. The van der Waals surface area contributed by atoms with Crippen LogP contribution in [0.5, 0.6) is 0 Å². The molecule has 0 saturated carbocycles. The summed E-state index contributed by atoms with van der Waals surface area (Å²) >= 11 is 0. The molecule has 0 aliphatic heterocycles. The molecule has 1 heterocycles. The van der Waals surface area contributed by atoms with Crippen molar-refractivity contribution < 1.29 is 4.79 Å². The molecule has 1 amide bonds. The Bertz CT molecular complexity index is 602. The summed E-state index contributed by atoms with van der Waals surface area (Å²) in [6.07, 6.45) is 3.28. The molecule has 0 fully saturated rings. The average Bonchev–Trinajstić information content (AvgIpc) is 3.00. The molecule has 2 rings (SSSR count). The van der Waals surface area contributed by atoms with Gasteiger partial charge in [-0.15, -0.1) is 10.2 Å². The molecule has 1 aromatic carbocycles. The summed E-state index contributed by atoms with van der Waals surface area (Å²) in [6, 6.07) is 7.86. The largest absolute Gasteiger partial charge is 0.343 e. The summed E-state index contributed by atoms with van der Waals surface area (Å²) in [5.41, 5.74) is 2.27. The maximum absolute atomic E-state index is 11.8. The fourth-order valence-corrected chi connectivity index (χ4v) is 1.84. The highest BCUT2D eigenvalue weighted by Crippen LogP contribution is 2.15. The summed E-state index contributed by atoms with van der Waals surface area (Å²) in [5, 5.41) is 16.2. The minimum absolute atomic E-state index is 0.194. The van der Waals surface area contributed by atoms with E-state index in [2.05, 4.69) is 51.9 Å². The van der Waals surface area contributed by atoms with Gasteiger partial charge in [-0.05, 0) is 30.0 Å². The van der Waals surface area contributed by atoms with E-state index in [1.165, 1.54) is 11.6 Å². The number of nitrogens with one attached hydrogen (secondary N) is 2. The summed E-state index contributed by atoms with van der Waals surface area (Å²) in [7, 11) is 0. The molecule has 0 aliphatic rings. The Morgan fingerprint density at radius 1 is 1.24 bits per heavy atom. The first kappa shape index (κ1) is 14.9. The van der Waals surface area contributed by atoms with Crippen LogP contribution in [-0.2, 0) is 4.79 Å². The fraction of sp³-hybridized carbons (Fsp3) is 0.333. The first-order valence-electron chi connectivity index (χ1n) is 6.88. The topological polar surface area (TPSA) is 83.6 Å². The molecule has 0 saturated heterocycles. The van der Waals surface area contributed by atoms with E-state index in [0.29, 0.717) is 11.7 Å². The van der Waals surface area contributed by atoms with Crippen molar-refractivity contribution in [1.82, 2.24) is 25.9 Å². The van der Waals surface area contributed by atoms with Gasteiger partial charge >= 0.3 is 0 Å². The SMILES string of the molecule is CC(C)c1ccc(C=CC(=O)NC(C)c2nn[nH]n2)cc1. The smallest absolute Gasteiger partial charge is 0.244 e. The number of benzene rings is 1. The van der Waals surface area contributed by atoms with Crippen molar-refractivity contribution in [2.24, 2.45) is 0 Å². The van der Waals surface area contributed by atoms with Crippen LogP contribution in [0.3, 0.4) is 0 Å². The van der Waals surface area contributed by atoms with Crippen molar-refractivity contribution in [2.75, 3.05) is 0 Å². The van der Waals surface area contributed by atoms with Crippen molar-refractivity contribution >= 4 is 12.0 Å². The molecule has 2 aromatic rings. The Kier molecular flexibility index (Phi) is 4.81. The number of carbonyl (C=O) groups excluding carboxylic acids is 1. The number of rotatable bonds is 5. The van der Waals surface area contributed by atoms with Gasteiger partial charge in [0.15, 0.2) is 5.82 Å². The molecule has 1 aromatic heterocycles. The average molecular weight is 285 g/mol. The number of nitrogens with zero attached hydrogens (tertiary/aromatic N) is 3. The molecule has 2 N–H and O–H groups in total. The highest BCUT2D eigenvalue weighted by molar-refractivity contribution is 5.91. The number of hydrogen-bond donors (Lipinski definition) is 2. The van der Waals surface area contributed by atoms with Crippen LogP contribution >= 0.6 is 0 Å². The monoisotopic (exact) mass is 285 g/mol. The zero-order valence-electron chi connectivity index (χ0n) is 12.4. The number of aromatic nitrogens is 4. The van der Waals surface area contributed by atoms with Gasteiger partial charge in [-0.2, -0.15) is 5.21 Å². The Morgan fingerprint density at radius 2 is 1.95 bits per heavy atom. The fourth-order valence-electron chi connectivity index (χ4n) is 1.84. The molecule has 6 heteroatoms. The predicted octanol–water partition coefficient (Wildman–Crippen LogP) is 2.21. The van der Waals surface area contributed by atoms with Crippen LogP contribution in [0.2, 0.25) is 0 Å².